The first kappa shape index (κ1) is 18.2. The standard InChI is InChI=1S/C16H26N5O3P/c1-8(7-25(2,3)4)13-11(22)12(23)15(24-13)21-14-10(20-16(21)18)9(17)5-6-19-14/h5-6,8,11-13,15,22-23H,2,7H2,1,3-4H3,(H2,17,19)(H2,18,20)/t8?,11-,12+,13+,15+/m0/s1. The van der Waals surface area contributed by atoms with E-state index in [1.165, 1.54) is 4.57 Å². The molecule has 138 valence electrons. The molecule has 0 aliphatic carbocycles. The first-order valence-corrected chi connectivity index (χ1v) is 11.2. The minimum absolute atomic E-state index is 0.0459. The number of fused-ring (bicyclic) bond motifs is 1. The Morgan fingerprint density at radius 2 is 2.04 bits per heavy atom. The first-order chi connectivity index (χ1) is 11.6. The average molecular weight is 367 g/mol. The molecule has 1 saturated heterocycles. The maximum absolute atomic E-state index is 10.6. The first-order valence-electron chi connectivity index (χ1n) is 8.17. The summed E-state index contributed by atoms with van der Waals surface area (Å²) in [6, 6.07) is 1.63. The van der Waals surface area contributed by atoms with Gasteiger partial charge in [-0.2, -0.15) is 0 Å². The van der Waals surface area contributed by atoms with Crippen LogP contribution < -0.4 is 11.5 Å². The number of nitrogens with two attached hydrogens (primary N) is 2. The van der Waals surface area contributed by atoms with Crippen molar-refractivity contribution >= 4 is 36.0 Å². The molecule has 8 nitrogen and oxygen atoms in total. The van der Waals surface area contributed by atoms with Crippen LogP contribution in [0.1, 0.15) is 13.2 Å². The van der Waals surface area contributed by atoms with Gasteiger partial charge in [0.15, 0.2) is 11.9 Å². The van der Waals surface area contributed by atoms with E-state index in [9.17, 15) is 10.2 Å². The number of aliphatic hydroxyl groups is 2. The molecule has 2 aromatic heterocycles. The zero-order valence-electron chi connectivity index (χ0n) is 14.7. The van der Waals surface area contributed by atoms with Gasteiger partial charge in [0, 0.05) is 6.20 Å². The van der Waals surface area contributed by atoms with Gasteiger partial charge in [-0.05, 0) is 31.5 Å². The van der Waals surface area contributed by atoms with Gasteiger partial charge >= 0.3 is 0 Å². The Bertz CT molecular complexity index is 833. The van der Waals surface area contributed by atoms with Gasteiger partial charge < -0.3 is 26.4 Å². The molecule has 3 heterocycles. The van der Waals surface area contributed by atoms with Crippen molar-refractivity contribution in [3.8, 4) is 0 Å². The summed E-state index contributed by atoms with van der Waals surface area (Å²) in [7, 11) is 0. The van der Waals surface area contributed by atoms with Crippen molar-refractivity contribution in [2.45, 2.75) is 31.5 Å². The number of aromatic nitrogens is 3. The molecule has 2 aromatic rings. The summed E-state index contributed by atoms with van der Waals surface area (Å²) >= 11 is 0. The molecule has 1 aliphatic heterocycles. The lowest BCUT2D eigenvalue weighted by Crippen LogP contribution is -2.36. The minimum Gasteiger partial charge on any atom is -0.397 e. The van der Waals surface area contributed by atoms with E-state index in [0.717, 1.165) is 6.16 Å². The largest absolute Gasteiger partial charge is 0.397 e. The molecule has 0 bridgehead atoms. The number of hydrogen-bond donors (Lipinski definition) is 4. The summed E-state index contributed by atoms with van der Waals surface area (Å²) in [5.74, 6) is 0.180. The van der Waals surface area contributed by atoms with E-state index in [2.05, 4.69) is 29.6 Å². The van der Waals surface area contributed by atoms with Crippen LogP contribution in [0.3, 0.4) is 0 Å². The van der Waals surface area contributed by atoms with Crippen molar-refractivity contribution in [2.75, 3.05) is 31.0 Å². The zero-order valence-corrected chi connectivity index (χ0v) is 15.6. The number of pyridine rings is 1. The molecule has 0 aromatic carbocycles. The second-order valence-corrected chi connectivity index (χ2v) is 11.7. The van der Waals surface area contributed by atoms with E-state index in [1.807, 2.05) is 6.92 Å². The predicted octanol–water partition coefficient (Wildman–Crippen LogP) is 0.560. The Kier molecular flexibility index (Phi) is 4.58. The van der Waals surface area contributed by atoms with E-state index in [0.29, 0.717) is 16.9 Å². The fourth-order valence-electron chi connectivity index (χ4n) is 3.53. The van der Waals surface area contributed by atoms with Crippen molar-refractivity contribution < 1.29 is 14.9 Å². The number of nitrogen functional groups attached to an aromatic ring is 2. The van der Waals surface area contributed by atoms with Gasteiger partial charge in [-0.25, -0.2) is 9.97 Å². The number of imidazole rings is 1. The van der Waals surface area contributed by atoms with E-state index in [4.69, 9.17) is 16.2 Å². The van der Waals surface area contributed by atoms with Gasteiger partial charge in [0.2, 0.25) is 5.95 Å². The topological polar surface area (TPSA) is 132 Å². The quantitative estimate of drug-likeness (QED) is 0.580. The van der Waals surface area contributed by atoms with Crippen molar-refractivity contribution in [3.63, 3.8) is 0 Å². The second-order valence-electron chi connectivity index (χ2n) is 7.48. The predicted molar refractivity (Wildman–Crippen MR) is 102 cm³/mol. The third-order valence-corrected chi connectivity index (χ3v) is 6.07. The number of anilines is 2. The summed E-state index contributed by atoms with van der Waals surface area (Å²) in [6.07, 6.45) is 3.06. The van der Waals surface area contributed by atoms with Crippen molar-refractivity contribution in [2.24, 2.45) is 5.92 Å². The van der Waals surface area contributed by atoms with Gasteiger partial charge in [-0.15, -0.1) is 13.2 Å². The summed E-state index contributed by atoms with van der Waals surface area (Å²) in [5.41, 5.74) is 13.2. The van der Waals surface area contributed by atoms with E-state index in [1.54, 1.807) is 12.3 Å². The molecular formula is C16H26N5O3P. The zero-order chi connectivity index (χ0) is 18.5. The Labute approximate surface area is 146 Å². The Morgan fingerprint density at radius 3 is 2.68 bits per heavy atom. The molecule has 6 N–H and O–H groups in total. The van der Waals surface area contributed by atoms with Crippen LogP contribution in [0.5, 0.6) is 0 Å². The van der Waals surface area contributed by atoms with Crippen molar-refractivity contribution in [1.29, 1.82) is 0 Å². The lowest BCUT2D eigenvalue weighted by Gasteiger charge is -2.26. The molecule has 0 amide bonds. The summed E-state index contributed by atoms with van der Waals surface area (Å²) in [5, 5.41) is 21.1. The fraction of sp³-hybridized carbons (Fsp3) is 0.562. The van der Waals surface area contributed by atoms with Crippen molar-refractivity contribution in [3.05, 3.63) is 12.3 Å². The molecule has 5 atom stereocenters. The minimum atomic E-state index is -1.30. The van der Waals surface area contributed by atoms with E-state index in [-0.39, 0.29) is 11.9 Å². The molecule has 25 heavy (non-hydrogen) atoms. The third-order valence-electron chi connectivity index (χ3n) is 4.51. The molecule has 0 spiro atoms. The molecular weight excluding hydrogens is 341 g/mol. The normalized spacial score (nSPS) is 28.5. The lowest BCUT2D eigenvalue weighted by atomic mass is 10.0. The van der Waals surface area contributed by atoms with Crippen LogP contribution in [0.2, 0.25) is 0 Å². The number of rotatable bonds is 4. The Hall–Kier alpha value is -1.60. The van der Waals surface area contributed by atoms with Crippen LogP contribution in [0, 0.1) is 5.92 Å². The third kappa shape index (κ3) is 3.27. The summed E-state index contributed by atoms with van der Waals surface area (Å²) in [4.78, 5) is 8.48. The van der Waals surface area contributed by atoms with Crippen LogP contribution >= 0.6 is 6.89 Å². The van der Waals surface area contributed by atoms with Crippen LogP contribution in [0.15, 0.2) is 12.3 Å². The van der Waals surface area contributed by atoms with E-state index >= 15 is 0 Å². The number of hydrogen-bond acceptors (Lipinski definition) is 7. The van der Waals surface area contributed by atoms with Gasteiger partial charge in [0.05, 0.1) is 11.8 Å². The van der Waals surface area contributed by atoms with Gasteiger partial charge in [-0.3, -0.25) is 4.57 Å². The second kappa shape index (κ2) is 6.29. The van der Waals surface area contributed by atoms with Crippen molar-refractivity contribution in [1.82, 2.24) is 14.5 Å². The van der Waals surface area contributed by atoms with Crippen LogP contribution in [-0.2, 0) is 4.74 Å². The Morgan fingerprint density at radius 1 is 1.36 bits per heavy atom. The molecule has 0 radical (unpaired) electrons. The molecule has 1 unspecified atom stereocenters. The van der Waals surface area contributed by atoms with Crippen LogP contribution in [0.25, 0.3) is 11.2 Å². The number of nitrogens with zero attached hydrogens (tertiary/aromatic N) is 3. The smallest absolute Gasteiger partial charge is 0.204 e. The van der Waals surface area contributed by atoms with Gasteiger partial charge in [0.25, 0.3) is 0 Å². The number of ether oxygens (including phenoxy) is 1. The molecule has 0 saturated carbocycles. The van der Waals surface area contributed by atoms with Gasteiger partial charge in [-0.1, -0.05) is 6.92 Å². The maximum atomic E-state index is 10.6. The highest BCUT2D eigenvalue weighted by Crippen LogP contribution is 2.43. The molecule has 1 aliphatic rings. The lowest BCUT2D eigenvalue weighted by molar-refractivity contribution is -0.0475. The monoisotopic (exact) mass is 367 g/mol. The fourth-order valence-corrected chi connectivity index (χ4v) is 5.30. The van der Waals surface area contributed by atoms with Crippen LogP contribution in [0.4, 0.5) is 11.6 Å². The number of aliphatic hydroxyl groups excluding tert-OH is 2. The highest BCUT2D eigenvalue weighted by molar-refractivity contribution is 7.72. The summed E-state index contributed by atoms with van der Waals surface area (Å²) in [6.45, 7) is 4.96. The van der Waals surface area contributed by atoms with Crippen LogP contribution in [-0.4, -0.2) is 68.9 Å². The molecule has 1 fully saturated rings. The Balaban J connectivity index is 1.96. The highest BCUT2D eigenvalue weighted by Gasteiger charge is 2.47. The highest BCUT2D eigenvalue weighted by atomic mass is 31.2. The molecule has 9 heteroatoms. The molecule has 3 rings (SSSR count). The summed E-state index contributed by atoms with van der Waals surface area (Å²) < 4.78 is 7.52. The maximum Gasteiger partial charge on any atom is 0.204 e. The SMILES string of the molecule is C=P(C)(C)CC(C)[C@H]1O[C@@H](n2c(N)nc3c(N)ccnc32)[C@H](O)[C@@H]1O. The van der Waals surface area contributed by atoms with E-state index < -0.39 is 31.4 Å². The average Bonchev–Trinajstić information content (AvgIpc) is 2.97. The van der Waals surface area contributed by atoms with Gasteiger partial charge in [0.1, 0.15) is 17.7 Å².